The van der Waals surface area contributed by atoms with Gasteiger partial charge in [0.15, 0.2) is 5.15 Å². The van der Waals surface area contributed by atoms with Crippen molar-refractivity contribution in [2.45, 2.75) is 38.3 Å². The number of alkyl halides is 1. The molecule has 0 aromatic heterocycles. The van der Waals surface area contributed by atoms with Crippen molar-refractivity contribution in [3.05, 3.63) is 35.4 Å². The molecule has 0 amide bonds. The zero-order chi connectivity index (χ0) is 12.2. The average molecular weight is 258 g/mol. The molecule has 0 bridgehead atoms. The molecule has 0 nitrogen and oxygen atoms in total. The van der Waals surface area contributed by atoms with E-state index in [-0.39, 0.29) is 0 Å². The molecule has 3 atom stereocenters. The van der Waals surface area contributed by atoms with Gasteiger partial charge >= 0.3 is 0 Å². The molecule has 0 spiro atoms. The van der Waals surface area contributed by atoms with Crippen LogP contribution in [0.4, 0.5) is 4.39 Å². The summed E-state index contributed by atoms with van der Waals surface area (Å²) in [4.78, 5) is 0. The minimum atomic E-state index is -1.40. The molecule has 0 saturated heterocycles. The zero-order valence-corrected chi connectivity index (χ0v) is 12.4. The van der Waals surface area contributed by atoms with Gasteiger partial charge in [-0.25, -0.2) is 4.39 Å². The van der Waals surface area contributed by atoms with Gasteiger partial charge < -0.3 is 0 Å². The van der Waals surface area contributed by atoms with Crippen LogP contribution < -0.4 is 0 Å². The lowest BCUT2D eigenvalue weighted by molar-refractivity contribution is 0.423. The van der Waals surface area contributed by atoms with E-state index in [2.05, 4.69) is 32.3 Å². The number of hydrogen-bond donors (Lipinski definition) is 0. The van der Waals surface area contributed by atoms with Gasteiger partial charge in [0.1, 0.15) is 0 Å². The molecule has 3 unspecified atom stereocenters. The first-order valence-corrected chi connectivity index (χ1v) is 6.95. The first-order valence-electron chi connectivity index (χ1n) is 5.79. The molecule has 0 N–H and O–H groups in total. The van der Waals surface area contributed by atoms with Gasteiger partial charge in [-0.05, 0) is 23.5 Å². The highest BCUT2D eigenvalue weighted by Crippen LogP contribution is 2.39. The molecular formula is C13H21FP2. The van der Waals surface area contributed by atoms with E-state index < -0.39 is 5.15 Å². The minimum absolute atomic E-state index is 0.689. The maximum Gasteiger partial charge on any atom is 0.160 e. The second-order valence-corrected chi connectivity index (χ2v) is 6.91. The Morgan fingerprint density at radius 1 is 1.25 bits per heavy atom. The molecule has 0 aliphatic carbocycles. The van der Waals surface area contributed by atoms with Gasteiger partial charge in [0.25, 0.3) is 0 Å². The highest BCUT2D eigenvalue weighted by Gasteiger charge is 2.18. The Labute approximate surface area is 103 Å². The summed E-state index contributed by atoms with van der Waals surface area (Å²) in [6.07, 6.45) is 3.56. The summed E-state index contributed by atoms with van der Waals surface area (Å²) in [6.45, 7) is 4.47. The van der Waals surface area contributed by atoms with Crippen molar-refractivity contribution in [2.75, 3.05) is 0 Å². The molecular weight excluding hydrogens is 237 g/mol. The predicted octanol–water partition coefficient (Wildman–Crippen LogP) is 4.50. The van der Waals surface area contributed by atoms with Crippen LogP contribution in [0.3, 0.4) is 0 Å². The first-order chi connectivity index (χ1) is 7.43. The van der Waals surface area contributed by atoms with Gasteiger partial charge in [0, 0.05) is 0 Å². The molecule has 90 valence electrons. The van der Waals surface area contributed by atoms with E-state index in [0.717, 1.165) is 6.42 Å². The molecule has 1 aromatic rings. The second kappa shape index (κ2) is 6.08. The Balaban J connectivity index is 2.65. The lowest BCUT2D eigenvalue weighted by Gasteiger charge is -2.15. The van der Waals surface area contributed by atoms with E-state index in [1.54, 1.807) is 0 Å². The molecule has 0 aliphatic rings. The van der Waals surface area contributed by atoms with E-state index in [1.807, 2.05) is 24.3 Å². The Kier molecular flexibility index (Phi) is 5.35. The van der Waals surface area contributed by atoms with Gasteiger partial charge in [0.2, 0.25) is 0 Å². The molecule has 0 saturated carbocycles. The molecule has 1 aromatic carbocycles. The van der Waals surface area contributed by atoms with Crippen LogP contribution >= 0.6 is 18.5 Å². The molecule has 1 rings (SSSR count). The van der Waals surface area contributed by atoms with Gasteiger partial charge in [0.05, 0.1) is 0 Å². The largest absolute Gasteiger partial charge is 0.230 e. The van der Waals surface area contributed by atoms with Crippen molar-refractivity contribution < 1.29 is 4.39 Å². The van der Waals surface area contributed by atoms with Crippen LogP contribution in [0.1, 0.15) is 37.8 Å². The molecule has 0 radical (unpaired) electrons. The fourth-order valence-corrected chi connectivity index (χ4v) is 2.28. The Hall–Kier alpha value is 0.01000. The Morgan fingerprint density at radius 2 is 1.81 bits per heavy atom. The van der Waals surface area contributed by atoms with Crippen LogP contribution in [0.25, 0.3) is 0 Å². The third-order valence-corrected chi connectivity index (χ3v) is 3.43. The van der Waals surface area contributed by atoms with E-state index in [9.17, 15) is 4.39 Å². The Bertz CT molecular complexity index is 314. The summed E-state index contributed by atoms with van der Waals surface area (Å²) in [5.41, 5.74) is 1.98. The number of hydrogen-bond acceptors (Lipinski definition) is 0. The highest BCUT2D eigenvalue weighted by molar-refractivity contribution is 7.38. The lowest BCUT2D eigenvalue weighted by Crippen LogP contribution is -2.02. The van der Waals surface area contributed by atoms with Crippen molar-refractivity contribution in [3.8, 4) is 0 Å². The van der Waals surface area contributed by atoms with E-state index in [1.165, 1.54) is 18.4 Å². The van der Waals surface area contributed by atoms with Crippen molar-refractivity contribution in [1.82, 2.24) is 0 Å². The molecule has 0 heterocycles. The topological polar surface area (TPSA) is 0 Å². The number of halogens is 1. The maximum absolute atomic E-state index is 13.6. The quantitative estimate of drug-likeness (QED) is 0.682. The molecule has 16 heavy (non-hydrogen) atoms. The van der Waals surface area contributed by atoms with Crippen LogP contribution in [-0.2, 0) is 11.6 Å². The molecule has 0 fully saturated rings. The normalized spacial score (nSPS) is 13.8. The van der Waals surface area contributed by atoms with Crippen molar-refractivity contribution >= 4 is 18.5 Å². The van der Waals surface area contributed by atoms with Crippen LogP contribution in [0.2, 0.25) is 0 Å². The summed E-state index contributed by atoms with van der Waals surface area (Å²) < 4.78 is 13.6. The summed E-state index contributed by atoms with van der Waals surface area (Å²) in [6, 6.07) is 7.80. The van der Waals surface area contributed by atoms with Crippen molar-refractivity contribution in [1.29, 1.82) is 0 Å². The van der Waals surface area contributed by atoms with E-state index in [0.29, 0.717) is 11.5 Å². The summed E-state index contributed by atoms with van der Waals surface area (Å²) >= 11 is 0. The average Bonchev–Trinajstić information content (AvgIpc) is 2.17. The first kappa shape index (κ1) is 14.1. The number of rotatable bonds is 5. The van der Waals surface area contributed by atoms with Crippen LogP contribution in [0.5, 0.6) is 0 Å². The highest BCUT2D eigenvalue weighted by atomic mass is 31.1. The SMILES string of the molecule is CCCC(C)Cc1ccc(C(F)(P)P)cc1. The van der Waals surface area contributed by atoms with Crippen LogP contribution in [0.15, 0.2) is 24.3 Å². The fraction of sp³-hybridized carbons (Fsp3) is 0.538. The zero-order valence-electron chi connectivity index (χ0n) is 10.0. The van der Waals surface area contributed by atoms with Crippen LogP contribution in [-0.4, -0.2) is 0 Å². The number of benzene rings is 1. The van der Waals surface area contributed by atoms with Gasteiger partial charge in [-0.3, -0.25) is 0 Å². The standard InChI is InChI=1S/C13H21FP2/c1-3-4-10(2)9-11-5-7-12(8-6-11)13(14,15)16/h5-8,10H,3-4,9,15-16H2,1-2H3. The summed E-state index contributed by atoms with van der Waals surface area (Å²) in [5.74, 6) is 0.706. The van der Waals surface area contributed by atoms with Gasteiger partial charge in [-0.15, -0.1) is 0 Å². The fourth-order valence-electron chi connectivity index (χ4n) is 1.89. The van der Waals surface area contributed by atoms with Crippen molar-refractivity contribution in [3.63, 3.8) is 0 Å². The van der Waals surface area contributed by atoms with Crippen molar-refractivity contribution in [2.24, 2.45) is 5.92 Å². The van der Waals surface area contributed by atoms with Gasteiger partial charge in [-0.2, -0.15) is 0 Å². The smallest absolute Gasteiger partial charge is 0.160 e. The van der Waals surface area contributed by atoms with Gasteiger partial charge in [-0.1, -0.05) is 69.4 Å². The molecule has 3 heteroatoms. The lowest BCUT2D eigenvalue weighted by atomic mass is 9.96. The summed E-state index contributed by atoms with van der Waals surface area (Å²) in [5, 5.41) is -1.40. The third kappa shape index (κ3) is 4.48. The van der Waals surface area contributed by atoms with Crippen LogP contribution in [0, 0.1) is 5.92 Å². The summed E-state index contributed by atoms with van der Waals surface area (Å²) in [7, 11) is 4.39. The van der Waals surface area contributed by atoms with E-state index >= 15 is 0 Å². The monoisotopic (exact) mass is 258 g/mol. The predicted molar refractivity (Wildman–Crippen MR) is 76.4 cm³/mol. The van der Waals surface area contributed by atoms with E-state index in [4.69, 9.17) is 0 Å². The molecule has 0 aliphatic heterocycles. The minimum Gasteiger partial charge on any atom is -0.230 e. The Morgan fingerprint density at radius 3 is 2.25 bits per heavy atom. The maximum atomic E-state index is 13.6. The second-order valence-electron chi connectivity index (χ2n) is 4.56. The third-order valence-electron chi connectivity index (χ3n) is 2.76.